The van der Waals surface area contributed by atoms with E-state index in [4.69, 9.17) is 16.6 Å². The monoisotopic (exact) mass is 474 g/mol. The Hall–Kier alpha value is -1.67. The molecule has 0 bridgehead atoms. The van der Waals surface area contributed by atoms with E-state index in [9.17, 15) is 0 Å². The van der Waals surface area contributed by atoms with Gasteiger partial charge >= 0.3 is 0 Å². The van der Waals surface area contributed by atoms with Gasteiger partial charge in [0.2, 0.25) is 0 Å². The SMILES string of the molecule is CCc1c(-c2nnc(SCc3csc(-c4ccccc4Cl)n3)n2C(C)C)csc1C. The van der Waals surface area contributed by atoms with Crippen molar-refractivity contribution in [3.63, 3.8) is 0 Å². The Kier molecular flexibility index (Phi) is 6.63. The Labute approximate surface area is 194 Å². The van der Waals surface area contributed by atoms with E-state index in [1.165, 1.54) is 16.0 Å². The lowest BCUT2D eigenvalue weighted by atomic mass is 10.1. The zero-order valence-electron chi connectivity index (χ0n) is 17.3. The van der Waals surface area contributed by atoms with Crippen LogP contribution in [0.3, 0.4) is 0 Å². The minimum absolute atomic E-state index is 0.275. The maximum absolute atomic E-state index is 6.32. The van der Waals surface area contributed by atoms with Gasteiger partial charge < -0.3 is 0 Å². The van der Waals surface area contributed by atoms with E-state index >= 15 is 0 Å². The number of benzene rings is 1. The van der Waals surface area contributed by atoms with E-state index in [1.807, 2.05) is 24.3 Å². The predicted octanol–water partition coefficient (Wildman–Crippen LogP) is 7.53. The summed E-state index contributed by atoms with van der Waals surface area (Å²) in [6.45, 7) is 8.74. The van der Waals surface area contributed by atoms with E-state index in [0.29, 0.717) is 0 Å². The molecule has 3 heterocycles. The fourth-order valence-electron chi connectivity index (χ4n) is 3.40. The van der Waals surface area contributed by atoms with Crippen molar-refractivity contribution in [3.05, 3.63) is 56.2 Å². The maximum atomic E-state index is 6.32. The predicted molar refractivity (Wildman–Crippen MR) is 130 cm³/mol. The van der Waals surface area contributed by atoms with Crippen LogP contribution in [0.2, 0.25) is 5.02 Å². The highest BCUT2D eigenvalue weighted by atomic mass is 35.5. The number of thiazole rings is 1. The summed E-state index contributed by atoms with van der Waals surface area (Å²) in [6.07, 6.45) is 1.00. The number of thiophene rings is 1. The van der Waals surface area contributed by atoms with Crippen molar-refractivity contribution in [2.75, 3.05) is 0 Å². The molecule has 0 spiro atoms. The molecule has 30 heavy (non-hydrogen) atoms. The molecule has 0 fully saturated rings. The van der Waals surface area contributed by atoms with Crippen molar-refractivity contribution in [2.24, 2.45) is 0 Å². The van der Waals surface area contributed by atoms with Crippen LogP contribution in [0.1, 0.15) is 42.9 Å². The molecule has 156 valence electrons. The molecule has 0 N–H and O–H groups in total. The van der Waals surface area contributed by atoms with Crippen LogP contribution in [0.25, 0.3) is 22.0 Å². The molecule has 3 aromatic heterocycles. The number of halogens is 1. The van der Waals surface area contributed by atoms with E-state index in [0.717, 1.165) is 44.4 Å². The average Bonchev–Trinajstić information content (AvgIpc) is 3.44. The molecule has 4 rings (SSSR count). The van der Waals surface area contributed by atoms with Crippen LogP contribution in [-0.2, 0) is 12.2 Å². The summed E-state index contributed by atoms with van der Waals surface area (Å²) in [5, 5.41) is 16.0. The van der Waals surface area contributed by atoms with Crippen molar-refractivity contribution in [2.45, 2.75) is 51.1 Å². The molecule has 0 amide bonds. The van der Waals surface area contributed by atoms with Gasteiger partial charge in [0.25, 0.3) is 0 Å². The minimum Gasteiger partial charge on any atom is -0.299 e. The first-order valence-electron chi connectivity index (χ1n) is 9.83. The lowest BCUT2D eigenvalue weighted by Crippen LogP contribution is -2.05. The normalized spacial score (nSPS) is 11.5. The topological polar surface area (TPSA) is 43.6 Å². The Morgan fingerprint density at radius 3 is 2.63 bits per heavy atom. The highest BCUT2D eigenvalue weighted by Gasteiger charge is 2.21. The highest BCUT2D eigenvalue weighted by molar-refractivity contribution is 7.98. The number of thioether (sulfide) groups is 1. The number of hydrogen-bond acceptors (Lipinski definition) is 6. The molecule has 1 aromatic carbocycles. The average molecular weight is 475 g/mol. The van der Waals surface area contributed by atoms with Crippen LogP contribution in [0.4, 0.5) is 0 Å². The standard InChI is InChI=1S/C22H23ClN4S3/c1-5-16-14(4)28-12-18(16)20-25-26-22(27(20)13(2)3)30-11-15-10-29-21(24-15)17-8-6-7-9-19(17)23/h6-10,12-13H,5,11H2,1-4H3. The third-order valence-corrected chi connectivity index (χ3v) is 8.07. The Morgan fingerprint density at radius 2 is 1.90 bits per heavy atom. The number of nitrogens with zero attached hydrogens (tertiary/aromatic N) is 4. The van der Waals surface area contributed by atoms with Crippen LogP contribution in [0.15, 0.2) is 40.2 Å². The van der Waals surface area contributed by atoms with Crippen molar-refractivity contribution < 1.29 is 0 Å². The quantitative estimate of drug-likeness (QED) is 0.259. The van der Waals surface area contributed by atoms with E-state index in [-0.39, 0.29) is 6.04 Å². The smallest absolute Gasteiger partial charge is 0.192 e. The zero-order valence-corrected chi connectivity index (χ0v) is 20.6. The molecule has 0 radical (unpaired) electrons. The van der Waals surface area contributed by atoms with Crippen LogP contribution >= 0.6 is 46.0 Å². The Bertz CT molecular complexity index is 1160. The second kappa shape index (κ2) is 9.22. The van der Waals surface area contributed by atoms with Crippen LogP contribution in [-0.4, -0.2) is 19.7 Å². The van der Waals surface area contributed by atoms with E-state index < -0.39 is 0 Å². The van der Waals surface area contributed by atoms with Gasteiger partial charge in [-0.05, 0) is 38.8 Å². The molecule has 0 aliphatic rings. The molecule has 0 saturated heterocycles. The molecular formula is C22H23ClN4S3. The lowest BCUT2D eigenvalue weighted by Gasteiger charge is -2.14. The van der Waals surface area contributed by atoms with Crippen molar-refractivity contribution in [1.82, 2.24) is 19.7 Å². The molecule has 8 heteroatoms. The summed E-state index contributed by atoms with van der Waals surface area (Å²) in [7, 11) is 0. The minimum atomic E-state index is 0.275. The maximum Gasteiger partial charge on any atom is 0.192 e. The van der Waals surface area contributed by atoms with E-state index in [1.54, 1.807) is 34.4 Å². The van der Waals surface area contributed by atoms with Crippen molar-refractivity contribution in [3.8, 4) is 22.0 Å². The first kappa shape index (κ1) is 21.6. The molecule has 4 aromatic rings. The second-order valence-electron chi connectivity index (χ2n) is 7.22. The third kappa shape index (κ3) is 4.21. The molecule has 0 aliphatic heterocycles. The van der Waals surface area contributed by atoms with Gasteiger partial charge in [0, 0.05) is 38.6 Å². The summed E-state index contributed by atoms with van der Waals surface area (Å²) in [4.78, 5) is 6.14. The molecular weight excluding hydrogens is 452 g/mol. The van der Waals surface area contributed by atoms with Crippen molar-refractivity contribution >= 4 is 46.0 Å². The van der Waals surface area contributed by atoms with Gasteiger partial charge in [-0.1, -0.05) is 48.5 Å². The third-order valence-electron chi connectivity index (χ3n) is 4.88. The molecule has 4 nitrogen and oxygen atoms in total. The highest BCUT2D eigenvalue weighted by Crippen LogP contribution is 2.36. The summed E-state index contributed by atoms with van der Waals surface area (Å²) < 4.78 is 2.24. The fourth-order valence-corrected chi connectivity index (χ4v) is 6.55. The molecule has 0 unspecified atom stereocenters. The molecule has 0 saturated carbocycles. The molecule has 0 atom stereocenters. The largest absolute Gasteiger partial charge is 0.299 e. The number of aryl methyl sites for hydroxylation is 1. The second-order valence-corrected chi connectivity index (χ2v) is 10.5. The zero-order chi connectivity index (χ0) is 21.3. The first-order chi connectivity index (χ1) is 14.5. The van der Waals surface area contributed by atoms with Gasteiger partial charge in [0.05, 0.1) is 10.7 Å². The summed E-state index contributed by atoms with van der Waals surface area (Å²) in [6, 6.07) is 8.10. The number of rotatable bonds is 7. The van der Waals surface area contributed by atoms with Gasteiger partial charge in [-0.25, -0.2) is 4.98 Å². The van der Waals surface area contributed by atoms with Gasteiger partial charge in [-0.2, -0.15) is 0 Å². The summed E-state index contributed by atoms with van der Waals surface area (Å²) in [5.74, 6) is 1.71. The fraction of sp³-hybridized carbons (Fsp3) is 0.318. The van der Waals surface area contributed by atoms with Crippen LogP contribution in [0.5, 0.6) is 0 Å². The van der Waals surface area contributed by atoms with E-state index in [2.05, 4.69) is 53.2 Å². The Morgan fingerprint density at radius 1 is 1.10 bits per heavy atom. The van der Waals surface area contributed by atoms with Gasteiger partial charge in [0.15, 0.2) is 11.0 Å². The van der Waals surface area contributed by atoms with Gasteiger partial charge in [0.1, 0.15) is 5.01 Å². The van der Waals surface area contributed by atoms with Gasteiger partial charge in [-0.3, -0.25) is 4.57 Å². The van der Waals surface area contributed by atoms with Gasteiger partial charge in [-0.15, -0.1) is 32.9 Å². The summed E-state index contributed by atoms with van der Waals surface area (Å²) in [5.41, 5.74) is 4.59. The Balaban J connectivity index is 1.58. The van der Waals surface area contributed by atoms with Crippen molar-refractivity contribution in [1.29, 1.82) is 0 Å². The number of aromatic nitrogens is 4. The number of hydrogen-bond donors (Lipinski definition) is 0. The molecule has 0 aliphatic carbocycles. The van der Waals surface area contributed by atoms with Crippen LogP contribution < -0.4 is 0 Å². The first-order valence-corrected chi connectivity index (χ1v) is 13.0. The van der Waals surface area contributed by atoms with Crippen LogP contribution in [0, 0.1) is 6.92 Å². The summed E-state index contributed by atoms with van der Waals surface area (Å²) >= 11 is 11.4. The lowest BCUT2D eigenvalue weighted by molar-refractivity contribution is 0.555.